The number of anilines is 1. The van der Waals surface area contributed by atoms with Crippen LogP contribution in [0.5, 0.6) is 5.75 Å². The number of nitrogens with one attached hydrogen (secondary N) is 2. The number of ether oxygens (including phenoxy) is 1. The molecule has 0 aliphatic carbocycles. The number of para-hydroxylation sites is 1. The Labute approximate surface area is 130 Å². The molecule has 2 N–H and O–H groups in total. The maximum Gasteiger partial charge on any atom is 0.270 e. The van der Waals surface area contributed by atoms with Crippen LogP contribution in [-0.2, 0) is 6.54 Å². The van der Waals surface area contributed by atoms with E-state index in [9.17, 15) is 4.79 Å². The lowest BCUT2D eigenvalue weighted by atomic mass is 10.2. The Bertz CT molecular complexity index is 641. The third kappa shape index (κ3) is 4.22. The van der Waals surface area contributed by atoms with E-state index in [2.05, 4.69) is 15.6 Å². The van der Waals surface area contributed by atoms with Gasteiger partial charge in [-0.1, -0.05) is 18.2 Å². The highest BCUT2D eigenvalue weighted by Crippen LogP contribution is 2.19. The molecular weight excluding hydrogens is 278 g/mol. The fraction of sp³-hybridized carbons (Fsp3) is 0.294. The van der Waals surface area contributed by atoms with Crippen LogP contribution < -0.4 is 15.4 Å². The summed E-state index contributed by atoms with van der Waals surface area (Å²) in [4.78, 5) is 16.1. The van der Waals surface area contributed by atoms with Gasteiger partial charge in [0.05, 0.1) is 7.11 Å². The molecule has 0 saturated carbocycles. The molecule has 0 unspecified atom stereocenters. The molecule has 1 heterocycles. The maximum absolute atomic E-state index is 12.0. The van der Waals surface area contributed by atoms with Crippen molar-refractivity contribution in [3.63, 3.8) is 0 Å². The minimum absolute atomic E-state index is 0.0829. The van der Waals surface area contributed by atoms with Crippen LogP contribution >= 0.6 is 0 Å². The number of methoxy groups -OCH3 is 1. The largest absolute Gasteiger partial charge is 0.496 e. The Morgan fingerprint density at radius 2 is 2.05 bits per heavy atom. The first-order valence-corrected chi connectivity index (χ1v) is 7.23. The smallest absolute Gasteiger partial charge is 0.270 e. The first kappa shape index (κ1) is 15.8. The highest BCUT2D eigenvalue weighted by atomic mass is 16.5. The maximum atomic E-state index is 12.0. The number of aromatic nitrogens is 1. The Hall–Kier alpha value is -2.56. The zero-order valence-electron chi connectivity index (χ0n) is 13.1. The van der Waals surface area contributed by atoms with Crippen molar-refractivity contribution in [3.05, 3.63) is 53.9 Å². The molecule has 0 fully saturated rings. The van der Waals surface area contributed by atoms with E-state index in [-0.39, 0.29) is 11.9 Å². The number of hydrogen-bond donors (Lipinski definition) is 2. The number of pyridine rings is 1. The lowest BCUT2D eigenvalue weighted by molar-refractivity contribution is 0.0938. The molecule has 1 aromatic heterocycles. The van der Waals surface area contributed by atoms with E-state index in [4.69, 9.17) is 4.74 Å². The lowest BCUT2D eigenvalue weighted by Crippen LogP contribution is -2.30. The zero-order valence-corrected chi connectivity index (χ0v) is 13.1. The second kappa shape index (κ2) is 7.45. The Morgan fingerprint density at radius 3 is 2.77 bits per heavy atom. The molecule has 5 nitrogen and oxygen atoms in total. The molecule has 0 bridgehead atoms. The molecule has 1 aromatic carbocycles. The Morgan fingerprint density at radius 1 is 1.27 bits per heavy atom. The molecule has 1 amide bonds. The van der Waals surface area contributed by atoms with E-state index < -0.39 is 0 Å². The molecule has 0 atom stereocenters. The van der Waals surface area contributed by atoms with Crippen molar-refractivity contribution >= 4 is 11.6 Å². The second-order valence-corrected chi connectivity index (χ2v) is 5.22. The van der Waals surface area contributed by atoms with E-state index in [1.54, 1.807) is 19.4 Å². The van der Waals surface area contributed by atoms with E-state index in [0.29, 0.717) is 12.2 Å². The van der Waals surface area contributed by atoms with Crippen molar-refractivity contribution in [2.75, 3.05) is 12.4 Å². The summed E-state index contributed by atoms with van der Waals surface area (Å²) in [6.45, 7) is 4.45. The van der Waals surface area contributed by atoms with Gasteiger partial charge in [0.15, 0.2) is 0 Å². The topological polar surface area (TPSA) is 63.2 Å². The molecule has 22 heavy (non-hydrogen) atoms. The summed E-state index contributed by atoms with van der Waals surface area (Å²) in [6.07, 6.45) is 1.62. The summed E-state index contributed by atoms with van der Waals surface area (Å²) in [5.41, 5.74) is 2.29. The fourth-order valence-electron chi connectivity index (χ4n) is 2.05. The van der Waals surface area contributed by atoms with Gasteiger partial charge in [-0.2, -0.15) is 0 Å². The minimum atomic E-state index is -0.170. The quantitative estimate of drug-likeness (QED) is 0.861. The molecule has 0 radical (unpaired) electrons. The first-order valence-electron chi connectivity index (χ1n) is 7.23. The molecule has 0 aliphatic heterocycles. The third-order valence-electron chi connectivity index (χ3n) is 3.09. The number of rotatable bonds is 6. The predicted molar refractivity (Wildman–Crippen MR) is 87.2 cm³/mol. The van der Waals surface area contributed by atoms with Crippen molar-refractivity contribution < 1.29 is 9.53 Å². The highest BCUT2D eigenvalue weighted by Gasteiger charge is 2.09. The van der Waals surface area contributed by atoms with Crippen molar-refractivity contribution in [2.24, 2.45) is 0 Å². The monoisotopic (exact) mass is 299 g/mol. The standard InChI is InChI=1S/C17H21N3O2/c1-12(2)20-17(21)15-10-14(8-9-18-15)19-11-13-6-4-5-7-16(13)22-3/h4-10,12H,11H2,1-3H3,(H,18,19)(H,20,21). The summed E-state index contributed by atoms with van der Waals surface area (Å²) < 4.78 is 5.32. The molecule has 5 heteroatoms. The molecule has 0 aliphatic rings. The van der Waals surface area contributed by atoms with Crippen LogP contribution in [0.2, 0.25) is 0 Å². The van der Waals surface area contributed by atoms with Crippen molar-refractivity contribution in [2.45, 2.75) is 26.4 Å². The van der Waals surface area contributed by atoms with Gasteiger partial charge in [0.2, 0.25) is 0 Å². The fourth-order valence-corrected chi connectivity index (χ4v) is 2.05. The average Bonchev–Trinajstić information content (AvgIpc) is 2.53. The summed E-state index contributed by atoms with van der Waals surface area (Å²) >= 11 is 0. The van der Waals surface area contributed by atoms with Gasteiger partial charge in [-0.05, 0) is 32.0 Å². The summed E-state index contributed by atoms with van der Waals surface area (Å²) in [7, 11) is 1.65. The van der Waals surface area contributed by atoms with Gasteiger partial charge < -0.3 is 15.4 Å². The van der Waals surface area contributed by atoms with Crippen LogP contribution in [0.25, 0.3) is 0 Å². The van der Waals surface area contributed by atoms with Crippen LogP contribution in [0.4, 0.5) is 5.69 Å². The molecule has 2 rings (SSSR count). The molecule has 0 spiro atoms. The van der Waals surface area contributed by atoms with Crippen LogP contribution in [0.3, 0.4) is 0 Å². The molecule has 0 saturated heterocycles. The van der Waals surface area contributed by atoms with Gasteiger partial charge in [0.1, 0.15) is 11.4 Å². The number of hydrogen-bond acceptors (Lipinski definition) is 4. The van der Waals surface area contributed by atoms with Gasteiger partial charge in [-0.15, -0.1) is 0 Å². The number of carbonyl (C=O) groups excluding carboxylic acids is 1. The SMILES string of the molecule is COc1ccccc1CNc1ccnc(C(=O)NC(C)C)c1. The number of carbonyl (C=O) groups is 1. The normalized spacial score (nSPS) is 10.4. The van der Waals surface area contributed by atoms with Gasteiger partial charge >= 0.3 is 0 Å². The lowest BCUT2D eigenvalue weighted by Gasteiger charge is -2.12. The summed E-state index contributed by atoms with van der Waals surface area (Å²) in [5.74, 6) is 0.665. The van der Waals surface area contributed by atoms with Crippen molar-refractivity contribution in [1.82, 2.24) is 10.3 Å². The van der Waals surface area contributed by atoms with Crippen LogP contribution in [0, 0.1) is 0 Å². The molecule has 2 aromatic rings. The summed E-state index contributed by atoms with van der Waals surface area (Å²) in [6, 6.07) is 11.5. The Kier molecular flexibility index (Phi) is 5.36. The van der Waals surface area contributed by atoms with Crippen LogP contribution in [0.1, 0.15) is 29.9 Å². The second-order valence-electron chi connectivity index (χ2n) is 5.22. The highest BCUT2D eigenvalue weighted by molar-refractivity contribution is 5.93. The third-order valence-corrected chi connectivity index (χ3v) is 3.09. The van der Waals surface area contributed by atoms with Gasteiger partial charge in [0, 0.05) is 30.0 Å². The predicted octanol–water partition coefficient (Wildman–Crippen LogP) is 2.84. The first-order chi connectivity index (χ1) is 10.6. The number of benzene rings is 1. The summed E-state index contributed by atoms with van der Waals surface area (Å²) in [5, 5.41) is 6.11. The van der Waals surface area contributed by atoms with E-state index >= 15 is 0 Å². The number of nitrogens with zero attached hydrogens (tertiary/aromatic N) is 1. The average molecular weight is 299 g/mol. The van der Waals surface area contributed by atoms with Gasteiger partial charge in [0.25, 0.3) is 5.91 Å². The van der Waals surface area contributed by atoms with E-state index in [1.165, 1.54) is 0 Å². The zero-order chi connectivity index (χ0) is 15.9. The molecular formula is C17H21N3O2. The van der Waals surface area contributed by atoms with Crippen molar-refractivity contribution in [1.29, 1.82) is 0 Å². The van der Waals surface area contributed by atoms with E-state index in [1.807, 2.05) is 44.2 Å². The van der Waals surface area contributed by atoms with E-state index in [0.717, 1.165) is 17.0 Å². The van der Waals surface area contributed by atoms with Gasteiger partial charge in [-0.3, -0.25) is 9.78 Å². The number of amides is 1. The minimum Gasteiger partial charge on any atom is -0.496 e. The Balaban J connectivity index is 2.06. The van der Waals surface area contributed by atoms with Crippen molar-refractivity contribution in [3.8, 4) is 5.75 Å². The molecule has 116 valence electrons. The van der Waals surface area contributed by atoms with Gasteiger partial charge in [-0.25, -0.2) is 0 Å². The van der Waals surface area contributed by atoms with Crippen LogP contribution in [0.15, 0.2) is 42.6 Å². The van der Waals surface area contributed by atoms with Crippen LogP contribution in [-0.4, -0.2) is 24.0 Å².